The van der Waals surface area contributed by atoms with Crippen LogP contribution in [0.1, 0.15) is 20.3 Å². The number of phenols is 1. The molecule has 1 amide bonds. The lowest BCUT2D eigenvalue weighted by Crippen LogP contribution is -2.60. The molecule has 5 rings (SSSR count). The lowest BCUT2D eigenvalue weighted by molar-refractivity contribution is -0.128. The number of rotatable bonds is 8. The first-order valence-electron chi connectivity index (χ1n) is 13.6. The molecule has 2 fully saturated rings. The summed E-state index contributed by atoms with van der Waals surface area (Å²) in [7, 11) is 0. The molecule has 0 radical (unpaired) electrons. The smallest absolute Gasteiger partial charge is 0.298 e. The molecule has 41 heavy (non-hydrogen) atoms. The Bertz CT molecular complexity index is 1560. The van der Waals surface area contributed by atoms with Crippen molar-refractivity contribution in [2.45, 2.75) is 32.4 Å². The van der Waals surface area contributed by atoms with Gasteiger partial charge < -0.3 is 19.8 Å². The zero-order valence-electron chi connectivity index (χ0n) is 23.1. The van der Waals surface area contributed by atoms with Crippen molar-refractivity contribution in [3.63, 3.8) is 0 Å². The van der Waals surface area contributed by atoms with Crippen molar-refractivity contribution < 1.29 is 14.3 Å². The van der Waals surface area contributed by atoms with Crippen LogP contribution in [-0.4, -0.2) is 98.5 Å². The summed E-state index contributed by atoms with van der Waals surface area (Å²) in [6, 6.07) is 5.82. The van der Waals surface area contributed by atoms with Gasteiger partial charge in [-0.2, -0.15) is 20.0 Å². The summed E-state index contributed by atoms with van der Waals surface area (Å²) in [4.78, 5) is 43.5. The Morgan fingerprint density at radius 2 is 1.98 bits per heavy atom. The highest BCUT2D eigenvalue weighted by Gasteiger charge is 2.35. The van der Waals surface area contributed by atoms with Crippen LogP contribution in [0, 0.1) is 17.1 Å². The third-order valence-electron chi connectivity index (χ3n) is 7.83. The van der Waals surface area contributed by atoms with Crippen molar-refractivity contribution in [2.24, 2.45) is 0 Å². The fourth-order valence-electron chi connectivity index (χ4n) is 5.58. The number of hydrogen-bond donors (Lipinski definition) is 1. The summed E-state index contributed by atoms with van der Waals surface area (Å²) in [6.45, 7) is 12.0. The Hall–Kier alpha value is -4.57. The number of anilines is 2. The number of phenolic OH excluding ortho intramolecular Hbond substituents is 1. The molecule has 0 saturated carbocycles. The van der Waals surface area contributed by atoms with Gasteiger partial charge in [-0.25, -0.2) is 9.37 Å². The standard InChI is InChI=1S/C28H32FN9O3/c1-4-23(40)37-13-12-35(15-18(37)10-11-30)26-20-14-31-38(25-21(29)8-7-9-22(25)39)27(41)24(20)32-28(33-26)36-16-19(17-36)34(5-2)6-3/h4,7-9,14,18-19,39H,1,5-6,10,12-13,15-17H2,2-3H3. The third kappa shape index (κ3) is 5.06. The summed E-state index contributed by atoms with van der Waals surface area (Å²) in [5, 5.41) is 24.3. The number of aromatic hydroxyl groups is 1. The van der Waals surface area contributed by atoms with E-state index in [0.29, 0.717) is 55.9 Å². The van der Waals surface area contributed by atoms with E-state index < -0.39 is 23.2 Å². The van der Waals surface area contributed by atoms with Gasteiger partial charge >= 0.3 is 0 Å². The van der Waals surface area contributed by atoms with E-state index >= 15 is 0 Å². The number of halogens is 1. The molecule has 2 aliphatic rings. The van der Waals surface area contributed by atoms with E-state index in [-0.39, 0.29) is 23.5 Å². The number of hydrogen-bond acceptors (Lipinski definition) is 10. The van der Waals surface area contributed by atoms with Crippen LogP contribution in [0.4, 0.5) is 16.2 Å². The van der Waals surface area contributed by atoms with E-state index in [1.165, 1.54) is 24.4 Å². The van der Waals surface area contributed by atoms with Crippen LogP contribution in [0.2, 0.25) is 0 Å². The maximum Gasteiger partial charge on any atom is 0.298 e. The molecule has 2 saturated heterocycles. The zero-order chi connectivity index (χ0) is 29.3. The maximum absolute atomic E-state index is 14.7. The second-order valence-electron chi connectivity index (χ2n) is 10.1. The molecule has 2 aliphatic heterocycles. The Kier molecular flexibility index (Phi) is 7.85. The second kappa shape index (κ2) is 11.5. The number of carbonyl (C=O) groups is 1. The van der Waals surface area contributed by atoms with Crippen LogP contribution in [-0.2, 0) is 4.79 Å². The van der Waals surface area contributed by atoms with Gasteiger partial charge in [0.05, 0.1) is 30.1 Å². The molecule has 1 unspecified atom stereocenters. The minimum absolute atomic E-state index is 0.0235. The molecule has 214 valence electrons. The summed E-state index contributed by atoms with van der Waals surface area (Å²) >= 11 is 0. The maximum atomic E-state index is 14.7. The van der Waals surface area contributed by atoms with Gasteiger partial charge in [-0.05, 0) is 31.3 Å². The van der Waals surface area contributed by atoms with Crippen LogP contribution >= 0.6 is 0 Å². The van der Waals surface area contributed by atoms with Crippen LogP contribution < -0.4 is 15.4 Å². The third-order valence-corrected chi connectivity index (χ3v) is 7.83. The fourth-order valence-corrected chi connectivity index (χ4v) is 5.58. The molecular weight excluding hydrogens is 529 g/mol. The van der Waals surface area contributed by atoms with Crippen LogP contribution in [0.15, 0.2) is 41.8 Å². The molecule has 0 aliphatic carbocycles. The van der Waals surface area contributed by atoms with E-state index in [2.05, 4.69) is 41.5 Å². The number of para-hydroxylation sites is 1. The Morgan fingerprint density at radius 3 is 2.63 bits per heavy atom. The zero-order valence-corrected chi connectivity index (χ0v) is 23.1. The van der Waals surface area contributed by atoms with Gasteiger partial charge in [0.1, 0.15) is 22.8 Å². The number of fused-ring (bicyclic) bond motifs is 1. The largest absolute Gasteiger partial charge is 0.506 e. The van der Waals surface area contributed by atoms with Gasteiger partial charge in [0.15, 0.2) is 5.82 Å². The van der Waals surface area contributed by atoms with Gasteiger partial charge in [0.2, 0.25) is 11.9 Å². The van der Waals surface area contributed by atoms with E-state index in [1.807, 2.05) is 9.80 Å². The summed E-state index contributed by atoms with van der Waals surface area (Å²) in [6.07, 6.45) is 2.73. The molecule has 1 atom stereocenters. The fraction of sp³-hybridized carbons (Fsp3) is 0.429. The van der Waals surface area contributed by atoms with Crippen molar-refractivity contribution in [1.82, 2.24) is 29.5 Å². The number of aromatic nitrogens is 4. The Labute approximate surface area is 236 Å². The molecular formula is C28H32FN9O3. The van der Waals surface area contributed by atoms with Crippen LogP contribution in [0.5, 0.6) is 5.75 Å². The molecule has 4 heterocycles. The lowest BCUT2D eigenvalue weighted by atomic mass is 10.1. The minimum Gasteiger partial charge on any atom is -0.506 e. The van der Waals surface area contributed by atoms with E-state index in [1.54, 1.807) is 4.90 Å². The van der Waals surface area contributed by atoms with Crippen LogP contribution in [0.25, 0.3) is 16.6 Å². The number of likely N-dealkylation sites (N-methyl/N-ethyl adjacent to an activating group) is 1. The first-order chi connectivity index (χ1) is 19.8. The van der Waals surface area contributed by atoms with Gasteiger partial charge in [-0.3, -0.25) is 14.5 Å². The monoisotopic (exact) mass is 561 g/mol. The second-order valence-corrected chi connectivity index (χ2v) is 10.1. The number of nitriles is 1. The normalized spacial score (nSPS) is 17.5. The van der Waals surface area contributed by atoms with Crippen molar-refractivity contribution >= 4 is 28.6 Å². The SMILES string of the molecule is C=CC(=O)N1CCN(c2nc(N3CC(N(CC)CC)C3)nc3c(=O)n(-c4c(O)cccc4F)ncc23)CC1CC#N. The molecule has 0 bridgehead atoms. The van der Waals surface area contributed by atoms with E-state index in [4.69, 9.17) is 4.98 Å². The summed E-state index contributed by atoms with van der Waals surface area (Å²) in [5.74, 6) is -0.694. The molecule has 3 aromatic rings. The topological polar surface area (TPSA) is 135 Å². The number of piperazine rings is 1. The van der Waals surface area contributed by atoms with Crippen molar-refractivity contribution in [3.05, 3.63) is 53.2 Å². The molecule has 2 aromatic heterocycles. The Morgan fingerprint density at radius 1 is 1.22 bits per heavy atom. The average molecular weight is 562 g/mol. The van der Waals surface area contributed by atoms with Crippen molar-refractivity contribution in [2.75, 3.05) is 55.6 Å². The highest BCUT2D eigenvalue weighted by atomic mass is 19.1. The number of nitrogens with zero attached hydrogens (tertiary/aromatic N) is 9. The summed E-state index contributed by atoms with van der Waals surface area (Å²) < 4.78 is 15.5. The molecule has 0 spiro atoms. The lowest BCUT2D eigenvalue weighted by Gasteiger charge is -2.45. The van der Waals surface area contributed by atoms with Gasteiger partial charge in [0, 0.05) is 38.8 Å². The number of benzene rings is 1. The van der Waals surface area contributed by atoms with E-state index in [9.17, 15) is 24.3 Å². The van der Waals surface area contributed by atoms with Crippen molar-refractivity contribution in [1.29, 1.82) is 5.26 Å². The van der Waals surface area contributed by atoms with Crippen molar-refractivity contribution in [3.8, 4) is 17.5 Å². The highest BCUT2D eigenvalue weighted by Crippen LogP contribution is 2.31. The number of carbonyl (C=O) groups excluding carboxylic acids is 1. The molecule has 1 aromatic carbocycles. The quantitative estimate of drug-likeness (QED) is 0.405. The van der Waals surface area contributed by atoms with Crippen LogP contribution in [0.3, 0.4) is 0 Å². The minimum atomic E-state index is -0.805. The molecule has 1 N–H and O–H groups in total. The average Bonchev–Trinajstić information content (AvgIpc) is 2.95. The van der Waals surface area contributed by atoms with Gasteiger partial charge in [-0.1, -0.05) is 26.5 Å². The summed E-state index contributed by atoms with van der Waals surface area (Å²) in [5.41, 5.74) is -1.05. The predicted molar refractivity (Wildman–Crippen MR) is 152 cm³/mol. The predicted octanol–water partition coefficient (Wildman–Crippen LogP) is 1.67. The number of amides is 1. The first kappa shape index (κ1) is 28.0. The highest BCUT2D eigenvalue weighted by molar-refractivity contribution is 5.90. The molecule has 12 nitrogen and oxygen atoms in total. The van der Waals surface area contributed by atoms with Gasteiger partial charge in [-0.15, -0.1) is 0 Å². The Balaban J connectivity index is 1.61. The van der Waals surface area contributed by atoms with Gasteiger partial charge in [0.25, 0.3) is 5.56 Å². The molecule has 13 heteroatoms. The van der Waals surface area contributed by atoms with E-state index in [0.717, 1.165) is 23.8 Å². The first-order valence-corrected chi connectivity index (χ1v) is 13.6.